The minimum Gasteiger partial charge on any atom is -0.321 e. The third-order valence-electron chi connectivity index (χ3n) is 2.86. The molecule has 0 aromatic carbocycles. The van der Waals surface area contributed by atoms with Gasteiger partial charge in [0.25, 0.3) is 0 Å². The number of nitrogens with two attached hydrogens (primary N) is 1. The predicted octanol–water partition coefficient (Wildman–Crippen LogP) is 2.15. The Kier molecular flexibility index (Phi) is 3.00. The molecule has 2 N–H and O–H groups in total. The van der Waals surface area contributed by atoms with Crippen molar-refractivity contribution in [3.63, 3.8) is 0 Å². The summed E-state index contributed by atoms with van der Waals surface area (Å²) in [6, 6.07) is 2.12. The predicted molar refractivity (Wildman–Crippen MR) is 60.4 cm³/mol. The molecule has 1 fully saturated rings. The minimum atomic E-state index is 0.0560. The number of hydrogen-bond acceptors (Lipinski definition) is 3. The molecule has 0 radical (unpaired) electrons. The SMILES string of the molecule is CCCc1cc(C)nc(C(N)C2CC2)n1. The molecule has 0 saturated heterocycles. The van der Waals surface area contributed by atoms with Gasteiger partial charge in [0, 0.05) is 11.4 Å². The van der Waals surface area contributed by atoms with Crippen molar-refractivity contribution in [3.05, 3.63) is 23.3 Å². The average Bonchev–Trinajstić information content (AvgIpc) is 2.99. The number of aryl methyl sites for hydroxylation is 2. The first-order valence-electron chi connectivity index (χ1n) is 5.80. The molecule has 0 bridgehead atoms. The van der Waals surface area contributed by atoms with Crippen molar-refractivity contribution in [3.8, 4) is 0 Å². The molecule has 82 valence electrons. The van der Waals surface area contributed by atoms with Gasteiger partial charge < -0.3 is 5.73 Å². The average molecular weight is 205 g/mol. The Morgan fingerprint density at radius 2 is 2.20 bits per heavy atom. The van der Waals surface area contributed by atoms with E-state index in [-0.39, 0.29) is 6.04 Å². The van der Waals surface area contributed by atoms with Gasteiger partial charge in [0.15, 0.2) is 0 Å². The maximum Gasteiger partial charge on any atom is 0.145 e. The Labute approximate surface area is 91.1 Å². The summed E-state index contributed by atoms with van der Waals surface area (Å²) in [6.45, 7) is 4.18. The lowest BCUT2D eigenvalue weighted by Crippen LogP contribution is -2.17. The molecule has 0 spiro atoms. The van der Waals surface area contributed by atoms with Crippen molar-refractivity contribution in [1.82, 2.24) is 9.97 Å². The van der Waals surface area contributed by atoms with Gasteiger partial charge in [0.2, 0.25) is 0 Å². The van der Waals surface area contributed by atoms with Gasteiger partial charge in [-0.05, 0) is 38.2 Å². The second-order valence-electron chi connectivity index (χ2n) is 4.47. The largest absolute Gasteiger partial charge is 0.321 e. The van der Waals surface area contributed by atoms with E-state index >= 15 is 0 Å². The molecular weight excluding hydrogens is 186 g/mol. The van der Waals surface area contributed by atoms with Gasteiger partial charge in [0.05, 0.1) is 6.04 Å². The van der Waals surface area contributed by atoms with Gasteiger partial charge in [-0.15, -0.1) is 0 Å². The quantitative estimate of drug-likeness (QED) is 0.819. The van der Waals surface area contributed by atoms with E-state index in [0.29, 0.717) is 5.92 Å². The zero-order valence-electron chi connectivity index (χ0n) is 9.53. The van der Waals surface area contributed by atoms with E-state index < -0.39 is 0 Å². The van der Waals surface area contributed by atoms with Gasteiger partial charge in [-0.3, -0.25) is 0 Å². The summed E-state index contributed by atoms with van der Waals surface area (Å²) < 4.78 is 0. The van der Waals surface area contributed by atoms with E-state index in [4.69, 9.17) is 5.73 Å². The molecule has 3 heteroatoms. The van der Waals surface area contributed by atoms with Crippen LogP contribution in [0.1, 0.15) is 49.4 Å². The van der Waals surface area contributed by atoms with Crippen LogP contribution in [0.4, 0.5) is 0 Å². The summed E-state index contributed by atoms with van der Waals surface area (Å²) in [4.78, 5) is 8.99. The van der Waals surface area contributed by atoms with Crippen LogP contribution in [0, 0.1) is 12.8 Å². The highest BCUT2D eigenvalue weighted by molar-refractivity contribution is 5.13. The van der Waals surface area contributed by atoms with E-state index in [1.807, 2.05) is 6.92 Å². The van der Waals surface area contributed by atoms with E-state index in [1.54, 1.807) is 0 Å². The summed E-state index contributed by atoms with van der Waals surface area (Å²) in [5.74, 6) is 1.47. The van der Waals surface area contributed by atoms with Crippen molar-refractivity contribution >= 4 is 0 Å². The molecular formula is C12H19N3. The number of rotatable bonds is 4. The maximum atomic E-state index is 6.11. The Balaban J connectivity index is 2.21. The lowest BCUT2D eigenvalue weighted by atomic mass is 10.1. The highest BCUT2D eigenvalue weighted by atomic mass is 14.9. The molecule has 1 atom stereocenters. The fourth-order valence-electron chi connectivity index (χ4n) is 1.86. The van der Waals surface area contributed by atoms with Crippen molar-refractivity contribution in [2.45, 2.75) is 45.6 Å². The molecule has 15 heavy (non-hydrogen) atoms. The molecule has 1 unspecified atom stereocenters. The third kappa shape index (κ3) is 2.53. The van der Waals surface area contributed by atoms with Crippen LogP contribution in [-0.4, -0.2) is 9.97 Å². The van der Waals surface area contributed by atoms with E-state index in [2.05, 4.69) is 23.0 Å². The number of hydrogen-bond donors (Lipinski definition) is 1. The Morgan fingerprint density at radius 3 is 2.80 bits per heavy atom. The van der Waals surface area contributed by atoms with Gasteiger partial charge in [-0.25, -0.2) is 9.97 Å². The van der Waals surface area contributed by atoms with E-state index in [9.17, 15) is 0 Å². The number of nitrogens with zero attached hydrogens (tertiary/aromatic N) is 2. The fraction of sp³-hybridized carbons (Fsp3) is 0.667. The van der Waals surface area contributed by atoms with Crippen LogP contribution in [0.3, 0.4) is 0 Å². The van der Waals surface area contributed by atoms with Gasteiger partial charge in [0.1, 0.15) is 5.82 Å². The monoisotopic (exact) mass is 205 g/mol. The third-order valence-corrected chi connectivity index (χ3v) is 2.86. The van der Waals surface area contributed by atoms with Crippen LogP contribution in [0.2, 0.25) is 0 Å². The molecule has 0 aliphatic heterocycles. The van der Waals surface area contributed by atoms with Gasteiger partial charge in [-0.2, -0.15) is 0 Å². The minimum absolute atomic E-state index is 0.0560. The number of aromatic nitrogens is 2. The van der Waals surface area contributed by atoms with Crippen molar-refractivity contribution in [1.29, 1.82) is 0 Å². The molecule has 1 heterocycles. The molecule has 1 aliphatic carbocycles. The smallest absolute Gasteiger partial charge is 0.145 e. The van der Waals surface area contributed by atoms with Crippen LogP contribution in [0.15, 0.2) is 6.07 Å². The summed E-state index contributed by atoms with van der Waals surface area (Å²) in [5.41, 5.74) is 8.29. The summed E-state index contributed by atoms with van der Waals surface area (Å²) >= 11 is 0. The molecule has 0 amide bonds. The summed E-state index contributed by atoms with van der Waals surface area (Å²) in [6.07, 6.45) is 4.62. The normalized spacial score (nSPS) is 17.8. The summed E-state index contributed by atoms with van der Waals surface area (Å²) in [5, 5.41) is 0. The lowest BCUT2D eigenvalue weighted by Gasteiger charge is -2.11. The zero-order chi connectivity index (χ0) is 10.8. The molecule has 1 aromatic rings. The molecule has 2 rings (SSSR count). The Bertz CT molecular complexity index is 345. The van der Waals surface area contributed by atoms with Crippen LogP contribution >= 0.6 is 0 Å². The van der Waals surface area contributed by atoms with E-state index in [0.717, 1.165) is 30.1 Å². The Morgan fingerprint density at radius 1 is 1.47 bits per heavy atom. The highest BCUT2D eigenvalue weighted by Gasteiger charge is 2.31. The Hall–Kier alpha value is -0.960. The molecule has 1 aromatic heterocycles. The second-order valence-corrected chi connectivity index (χ2v) is 4.47. The van der Waals surface area contributed by atoms with Gasteiger partial charge >= 0.3 is 0 Å². The molecule has 3 nitrogen and oxygen atoms in total. The van der Waals surface area contributed by atoms with Crippen molar-refractivity contribution < 1.29 is 0 Å². The summed E-state index contributed by atoms with van der Waals surface area (Å²) in [7, 11) is 0. The first-order valence-corrected chi connectivity index (χ1v) is 5.80. The van der Waals surface area contributed by atoms with E-state index in [1.165, 1.54) is 12.8 Å². The maximum absolute atomic E-state index is 6.11. The topological polar surface area (TPSA) is 51.8 Å². The van der Waals surface area contributed by atoms with Crippen LogP contribution in [0.25, 0.3) is 0 Å². The van der Waals surface area contributed by atoms with Crippen LogP contribution in [0.5, 0.6) is 0 Å². The van der Waals surface area contributed by atoms with Gasteiger partial charge in [-0.1, -0.05) is 13.3 Å². The van der Waals surface area contributed by atoms with Crippen LogP contribution in [-0.2, 0) is 6.42 Å². The first-order chi connectivity index (χ1) is 7.20. The second kappa shape index (κ2) is 4.27. The standard InChI is InChI=1S/C12H19N3/c1-3-4-10-7-8(2)14-12(15-10)11(13)9-5-6-9/h7,9,11H,3-6,13H2,1-2H3. The molecule has 1 aliphatic rings. The van der Waals surface area contributed by atoms with Crippen molar-refractivity contribution in [2.75, 3.05) is 0 Å². The van der Waals surface area contributed by atoms with Crippen molar-refractivity contribution in [2.24, 2.45) is 11.7 Å². The lowest BCUT2D eigenvalue weighted by molar-refractivity contribution is 0.585. The zero-order valence-corrected chi connectivity index (χ0v) is 9.53. The molecule has 1 saturated carbocycles. The first kappa shape index (κ1) is 10.6. The fourth-order valence-corrected chi connectivity index (χ4v) is 1.86. The highest BCUT2D eigenvalue weighted by Crippen LogP contribution is 2.38. The van der Waals surface area contributed by atoms with Crippen LogP contribution < -0.4 is 5.73 Å².